The van der Waals surface area contributed by atoms with E-state index in [0.29, 0.717) is 0 Å². The monoisotopic (exact) mass is 212 g/mol. The highest BCUT2D eigenvalue weighted by Gasteiger charge is 2.07. The number of hydrogen-bond acceptors (Lipinski definition) is 2. The summed E-state index contributed by atoms with van der Waals surface area (Å²) >= 11 is 8.68. The molecule has 0 atom stereocenters. The van der Waals surface area contributed by atoms with Crippen molar-refractivity contribution in [1.82, 2.24) is 0 Å². The van der Waals surface area contributed by atoms with Crippen LogP contribution in [-0.2, 0) is 11.5 Å². The molecule has 0 heterocycles. The van der Waals surface area contributed by atoms with Gasteiger partial charge in [-0.05, 0) is 48.6 Å². The van der Waals surface area contributed by atoms with Crippen LogP contribution in [0.2, 0.25) is 0 Å². The standard InChI is InChI=1S/C11H16S2/c1-7-4-10(5-12)9(3)11(6-13)8(7)2/h4,12-13H,5-6H2,1-3H3. The van der Waals surface area contributed by atoms with E-state index in [-0.39, 0.29) is 0 Å². The van der Waals surface area contributed by atoms with Crippen LogP contribution in [0.4, 0.5) is 0 Å². The van der Waals surface area contributed by atoms with Gasteiger partial charge in [-0.2, -0.15) is 25.3 Å². The van der Waals surface area contributed by atoms with Gasteiger partial charge in [0.25, 0.3) is 0 Å². The zero-order valence-corrected chi connectivity index (χ0v) is 10.2. The molecular formula is C11H16S2. The first-order valence-corrected chi connectivity index (χ1v) is 5.68. The quantitative estimate of drug-likeness (QED) is 0.689. The molecule has 1 aromatic carbocycles. The van der Waals surface area contributed by atoms with Gasteiger partial charge < -0.3 is 0 Å². The molecule has 0 aliphatic rings. The van der Waals surface area contributed by atoms with Gasteiger partial charge in [-0.1, -0.05) is 6.07 Å². The summed E-state index contributed by atoms with van der Waals surface area (Å²) in [5, 5.41) is 0. The zero-order valence-electron chi connectivity index (χ0n) is 8.39. The Labute approximate surface area is 91.6 Å². The van der Waals surface area contributed by atoms with Crippen LogP contribution in [0, 0.1) is 20.8 Å². The van der Waals surface area contributed by atoms with Crippen molar-refractivity contribution in [3.8, 4) is 0 Å². The summed E-state index contributed by atoms with van der Waals surface area (Å²) in [6.45, 7) is 6.47. The van der Waals surface area contributed by atoms with Crippen molar-refractivity contribution in [3.05, 3.63) is 33.9 Å². The van der Waals surface area contributed by atoms with Gasteiger partial charge in [0.05, 0.1) is 0 Å². The predicted molar refractivity (Wildman–Crippen MR) is 66.0 cm³/mol. The minimum atomic E-state index is 0.813. The molecule has 0 aromatic heterocycles. The van der Waals surface area contributed by atoms with E-state index in [1.807, 2.05) is 0 Å². The van der Waals surface area contributed by atoms with Crippen molar-refractivity contribution < 1.29 is 0 Å². The first kappa shape index (κ1) is 11.0. The van der Waals surface area contributed by atoms with Gasteiger partial charge in [-0.15, -0.1) is 0 Å². The molecule has 0 amide bonds. The van der Waals surface area contributed by atoms with Crippen molar-refractivity contribution in [1.29, 1.82) is 0 Å². The number of benzene rings is 1. The SMILES string of the molecule is Cc1cc(CS)c(C)c(CS)c1C. The first-order chi connectivity index (χ1) is 6.11. The lowest BCUT2D eigenvalue weighted by Gasteiger charge is -2.14. The largest absolute Gasteiger partial charge is 0.175 e. The van der Waals surface area contributed by atoms with E-state index in [1.54, 1.807) is 0 Å². The van der Waals surface area contributed by atoms with E-state index in [0.717, 1.165) is 11.5 Å². The van der Waals surface area contributed by atoms with Crippen molar-refractivity contribution in [2.24, 2.45) is 0 Å². The van der Waals surface area contributed by atoms with Gasteiger partial charge in [-0.25, -0.2) is 0 Å². The number of thiol groups is 2. The molecule has 0 saturated heterocycles. The Morgan fingerprint density at radius 3 is 2.08 bits per heavy atom. The van der Waals surface area contributed by atoms with Crippen molar-refractivity contribution >= 4 is 25.3 Å². The van der Waals surface area contributed by atoms with Crippen LogP contribution in [0.15, 0.2) is 6.07 Å². The van der Waals surface area contributed by atoms with E-state index in [1.165, 1.54) is 27.8 Å². The summed E-state index contributed by atoms with van der Waals surface area (Å²) in [5.41, 5.74) is 6.77. The van der Waals surface area contributed by atoms with Gasteiger partial charge >= 0.3 is 0 Å². The van der Waals surface area contributed by atoms with Crippen LogP contribution in [0.1, 0.15) is 27.8 Å². The molecule has 1 aromatic rings. The van der Waals surface area contributed by atoms with Gasteiger partial charge in [0.2, 0.25) is 0 Å². The van der Waals surface area contributed by atoms with Crippen LogP contribution < -0.4 is 0 Å². The summed E-state index contributed by atoms with van der Waals surface area (Å²) in [7, 11) is 0. The van der Waals surface area contributed by atoms with Crippen molar-refractivity contribution in [3.63, 3.8) is 0 Å². The molecule has 0 spiro atoms. The first-order valence-electron chi connectivity index (χ1n) is 4.42. The second kappa shape index (κ2) is 4.43. The van der Waals surface area contributed by atoms with Gasteiger partial charge in [0, 0.05) is 11.5 Å². The summed E-state index contributed by atoms with van der Waals surface area (Å²) in [5.74, 6) is 1.63. The third-order valence-corrected chi connectivity index (χ3v) is 3.35. The van der Waals surface area contributed by atoms with Crippen LogP contribution in [-0.4, -0.2) is 0 Å². The zero-order chi connectivity index (χ0) is 10.0. The summed E-state index contributed by atoms with van der Waals surface area (Å²) in [6, 6.07) is 2.23. The Morgan fingerprint density at radius 2 is 1.62 bits per heavy atom. The maximum Gasteiger partial charge on any atom is 0.0159 e. The second-order valence-electron chi connectivity index (χ2n) is 3.40. The van der Waals surface area contributed by atoms with Gasteiger partial charge in [0.15, 0.2) is 0 Å². The van der Waals surface area contributed by atoms with E-state index in [9.17, 15) is 0 Å². The van der Waals surface area contributed by atoms with E-state index in [4.69, 9.17) is 0 Å². The fourth-order valence-electron chi connectivity index (χ4n) is 1.59. The maximum atomic E-state index is 4.36. The molecule has 13 heavy (non-hydrogen) atoms. The Balaban J connectivity index is 3.39. The molecule has 72 valence electrons. The Morgan fingerprint density at radius 1 is 1.00 bits per heavy atom. The van der Waals surface area contributed by atoms with Crippen LogP contribution in [0.25, 0.3) is 0 Å². The fourth-order valence-corrected chi connectivity index (χ4v) is 2.40. The summed E-state index contributed by atoms with van der Waals surface area (Å²) in [6.07, 6.45) is 0. The average Bonchev–Trinajstić information content (AvgIpc) is 2.12. The minimum Gasteiger partial charge on any atom is -0.175 e. The number of aryl methyl sites for hydroxylation is 1. The topological polar surface area (TPSA) is 0 Å². The lowest BCUT2D eigenvalue weighted by Crippen LogP contribution is -1.98. The molecule has 0 fully saturated rings. The molecule has 0 radical (unpaired) electrons. The molecule has 0 nitrogen and oxygen atoms in total. The lowest BCUT2D eigenvalue weighted by molar-refractivity contribution is 1.15. The van der Waals surface area contributed by atoms with Crippen LogP contribution >= 0.6 is 25.3 Å². The van der Waals surface area contributed by atoms with E-state index in [2.05, 4.69) is 52.1 Å². The minimum absolute atomic E-state index is 0.813. The molecule has 2 heteroatoms. The highest BCUT2D eigenvalue weighted by molar-refractivity contribution is 7.79. The molecule has 1 rings (SSSR count). The smallest absolute Gasteiger partial charge is 0.0159 e. The highest BCUT2D eigenvalue weighted by atomic mass is 32.1. The third-order valence-electron chi connectivity index (χ3n) is 2.70. The molecule has 0 bridgehead atoms. The number of rotatable bonds is 2. The second-order valence-corrected chi connectivity index (χ2v) is 4.03. The van der Waals surface area contributed by atoms with E-state index >= 15 is 0 Å². The van der Waals surface area contributed by atoms with E-state index < -0.39 is 0 Å². The molecule has 0 unspecified atom stereocenters. The molecule has 0 N–H and O–H groups in total. The van der Waals surface area contributed by atoms with Crippen LogP contribution in [0.5, 0.6) is 0 Å². The Hall–Kier alpha value is -0.0800. The van der Waals surface area contributed by atoms with Gasteiger partial charge in [-0.3, -0.25) is 0 Å². The molecule has 0 aliphatic carbocycles. The molecular weight excluding hydrogens is 196 g/mol. The number of hydrogen-bond donors (Lipinski definition) is 2. The maximum absolute atomic E-state index is 4.36. The fraction of sp³-hybridized carbons (Fsp3) is 0.455. The highest BCUT2D eigenvalue weighted by Crippen LogP contribution is 2.24. The van der Waals surface area contributed by atoms with Gasteiger partial charge in [0.1, 0.15) is 0 Å². The molecule has 0 saturated carbocycles. The van der Waals surface area contributed by atoms with Crippen molar-refractivity contribution in [2.45, 2.75) is 32.3 Å². The normalized spacial score (nSPS) is 10.5. The third kappa shape index (κ3) is 2.05. The predicted octanol–water partition coefficient (Wildman–Crippen LogP) is 3.47. The Kier molecular flexibility index (Phi) is 3.74. The lowest BCUT2D eigenvalue weighted by atomic mass is 9.95. The van der Waals surface area contributed by atoms with Crippen molar-refractivity contribution in [2.75, 3.05) is 0 Å². The molecule has 0 aliphatic heterocycles. The Bertz CT molecular complexity index is 316. The van der Waals surface area contributed by atoms with Crippen LogP contribution in [0.3, 0.4) is 0 Å². The average molecular weight is 212 g/mol. The summed E-state index contributed by atoms with van der Waals surface area (Å²) in [4.78, 5) is 0. The summed E-state index contributed by atoms with van der Waals surface area (Å²) < 4.78 is 0.